The number of carbonyl (C=O) groups is 2. The molecule has 0 fully saturated rings. The van der Waals surface area contributed by atoms with Gasteiger partial charge in [-0.3, -0.25) is 0 Å². The zero-order valence-electron chi connectivity index (χ0n) is 11.7. The molecule has 0 aromatic heterocycles. The van der Waals surface area contributed by atoms with E-state index in [0.29, 0.717) is 21.7 Å². The highest BCUT2D eigenvalue weighted by Gasteiger charge is 2.31. The molecule has 0 heterocycles. The van der Waals surface area contributed by atoms with E-state index < -0.39 is 24.7 Å². The maximum atomic E-state index is 12.2. The summed E-state index contributed by atoms with van der Waals surface area (Å²) in [5.74, 6) is -0.528. The Morgan fingerprint density at radius 2 is 1.95 bits per heavy atom. The van der Waals surface area contributed by atoms with E-state index in [9.17, 15) is 22.8 Å². The molecule has 0 aliphatic carbocycles. The van der Waals surface area contributed by atoms with E-state index >= 15 is 0 Å². The average Bonchev–Trinajstić information content (AvgIpc) is 2.36. The highest BCUT2D eigenvalue weighted by atomic mass is 19.4. The van der Waals surface area contributed by atoms with E-state index in [2.05, 4.69) is 10.1 Å². The minimum absolute atomic E-state index is 0.291. The van der Waals surface area contributed by atoms with Gasteiger partial charge in [-0.1, -0.05) is 0 Å². The molecular formula is C13H15F3N2O3. The summed E-state index contributed by atoms with van der Waals surface area (Å²) in [6.07, 6.45) is -4.46. The molecule has 5 nitrogen and oxygen atoms in total. The number of esters is 1. The van der Waals surface area contributed by atoms with Crippen molar-refractivity contribution in [1.82, 2.24) is 4.90 Å². The predicted molar refractivity (Wildman–Crippen MR) is 70.2 cm³/mol. The molecule has 2 amide bonds. The van der Waals surface area contributed by atoms with Crippen LogP contribution in [0.5, 0.6) is 0 Å². The fourth-order valence-electron chi connectivity index (χ4n) is 1.64. The van der Waals surface area contributed by atoms with E-state index in [0.717, 1.165) is 7.05 Å². The Bertz CT molecular complexity index is 544. The van der Waals surface area contributed by atoms with E-state index in [1.807, 2.05) is 0 Å². The van der Waals surface area contributed by atoms with Gasteiger partial charge in [-0.2, -0.15) is 13.2 Å². The van der Waals surface area contributed by atoms with Crippen LogP contribution in [-0.4, -0.2) is 43.8 Å². The lowest BCUT2D eigenvalue weighted by molar-refractivity contribution is -0.137. The molecule has 1 aromatic rings. The number of methoxy groups -OCH3 is 1. The average molecular weight is 304 g/mol. The second-order valence-corrected chi connectivity index (χ2v) is 4.42. The Morgan fingerprint density at radius 1 is 1.33 bits per heavy atom. The molecule has 8 heteroatoms. The molecule has 0 saturated heterocycles. The summed E-state index contributed by atoms with van der Waals surface area (Å²) in [4.78, 5) is 23.5. The van der Waals surface area contributed by atoms with Crippen LogP contribution >= 0.6 is 0 Å². The van der Waals surface area contributed by atoms with Crippen LogP contribution in [0.1, 0.15) is 15.9 Å². The number of hydrogen-bond acceptors (Lipinski definition) is 3. The molecule has 1 N–H and O–H groups in total. The SMILES string of the molecule is COC(=O)c1ccc(NC(=O)N(C)CC(F)(F)F)cc1C. The zero-order chi connectivity index (χ0) is 16.2. The van der Waals surface area contributed by atoms with Crippen LogP contribution in [0, 0.1) is 6.92 Å². The van der Waals surface area contributed by atoms with Crippen molar-refractivity contribution in [2.24, 2.45) is 0 Å². The summed E-state index contributed by atoms with van der Waals surface area (Å²) < 4.78 is 41.1. The largest absolute Gasteiger partial charge is 0.465 e. The summed E-state index contributed by atoms with van der Waals surface area (Å²) in [6, 6.07) is 3.43. The first-order chi connectivity index (χ1) is 9.64. The molecule has 0 aliphatic heterocycles. The Labute approximate surface area is 119 Å². The fraction of sp³-hybridized carbons (Fsp3) is 0.385. The Kier molecular flexibility index (Phi) is 5.17. The Hall–Kier alpha value is -2.25. The smallest absolute Gasteiger partial charge is 0.406 e. The first-order valence-corrected chi connectivity index (χ1v) is 5.92. The van der Waals surface area contributed by atoms with Crippen molar-refractivity contribution in [1.29, 1.82) is 0 Å². The Balaban J connectivity index is 2.78. The normalized spacial score (nSPS) is 11.0. The standard InChI is InChI=1S/C13H15F3N2O3/c1-8-6-9(4-5-10(8)11(19)21-3)17-12(20)18(2)7-13(14,15)16/h4-6H,7H2,1-3H3,(H,17,20). The van der Waals surface area contributed by atoms with Crippen molar-refractivity contribution >= 4 is 17.7 Å². The van der Waals surface area contributed by atoms with Crippen LogP contribution in [-0.2, 0) is 4.74 Å². The second kappa shape index (κ2) is 6.47. The third-order valence-electron chi connectivity index (χ3n) is 2.65. The van der Waals surface area contributed by atoms with Gasteiger partial charge in [0.15, 0.2) is 0 Å². The molecule has 0 spiro atoms. The van der Waals surface area contributed by atoms with Gasteiger partial charge < -0.3 is 15.0 Å². The maximum absolute atomic E-state index is 12.2. The van der Waals surface area contributed by atoms with E-state index in [-0.39, 0.29) is 0 Å². The van der Waals surface area contributed by atoms with Crippen molar-refractivity contribution in [3.05, 3.63) is 29.3 Å². The van der Waals surface area contributed by atoms with E-state index in [4.69, 9.17) is 0 Å². The van der Waals surface area contributed by atoms with E-state index in [1.165, 1.54) is 25.3 Å². The Morgan fingerprint density at radius 3 is 2.43 bits per heavy atom. The number of hydrogen-bond donors (Lipinski definition) is 1. The number of rotatable bonds is 3. The zero-order valence-corrected chi connectivity index (χ0v) is 11.7. The van der Waals surface area contributed by atoms with Crippen molar-refractivity contribution in [3.8, 4) is 0 Å². The summed E-state index contributed by atoms with van der Waals surface area (Å²) in [7, 11) is 2.28. The number of carbonyl (C=O) groups excluding carboxylic acids is 2. The summed E-state index contributed by atoms with van der Waals surface area (Å²) in [5.41, 5.74) is 1.15. The molecule has 0 aliphatic rings. The molecule has 1 rings (SSSR count). The van der Waals surface area contributed by atoms with E-state index in [1.54, 1.807) is 6.92 Å². The lowest BCUT2D eigenvalue weighted by Crippen LogP contribution is -2.38. The van der Waals surface area contributed by atoms with Gasteiger partial charge in [0.1, 0.15) is 6.54 Å². The van der Waals surface area contributed by atoms with Crippen molar-refractivity contribution in [2.45, 2.75) is 13.1 Å². The van der Waals surface area contributed by atoms with Gasteiger partial charge >= 0.3 is 18.2 Å². The first-order valence-electron chi connectivity index (χ1n) is 5.92. The van der Waals surface area contributed by atoms with Crippen LogP contribution in [0.2, 0.25) is 0 Å². The van der Waals surface area contributed by atoms with Crippen molar-refractivity contribution in [3.63, 3.8) is 0 Å². The predicted octanol–water partition coefficient (Wildman–Crippen LogP) is 2.81. The van der Waals surface area contributed by atoms with Crippen LogP contribution in [0.3, 0.4) is 0 Å². The van der Waals surface area contributed by atoms with Gasteiger partial charge in [0.25, 0.3) is 0 Å². The maximum Gasteiger partial charge on any atom is 0.406 e. The molecule has 0 unspecified atom stereocenters. The monoisotopic (exact) mass is 304 g/mol. The van der Waals surface area contributed by atoms with Gasteiger partial charge in [-0.05, 0) is 30.7 Å². The number of ether oxygens (including phenoxy) is 1. The molecule has 21 heavy (non-hydrogen) atoms. The number of amides is 2. The molecule has 1 aromatic carbocycles. The number of nitrogens with zero attached hydrogens (tertiary/aromatic N) is 1. The number of urea groups is 1. The second-order valence-electron chi connectivity index (χ2n) is 4.42. The number of aryl methyl sites for hydroxylation is 1. The van der Waals surface area contributed by atoms with Crippen LogP contribution < -0.4 is 5.32 Å². The third kappa shape index (κ3) is 4.97. The minimum atomic E-state index is -4.46. The number of alkyl halides is 3. The summed E-state index contributed by atoms with van der Waals surface area (Å²) >= 11 is 0. The quantitative estimate of drug-likeness (QED) is 0.874. The lowest BCUT2D eigenvalue weighted by Gasteiger charge is -2.19. The van der Waals surface area contributed by atoms with Crippen LogP contribution in [0.4, 0.5) is 23.7 Å². The number of anilines is 1. The summed E-state index contributed by atoms with van der Waals surface area (Å²) in [6.45, 7) is 0.277. The molecule has 0 radical (unpaired) electrons. The highest BCUT2D eigenvalue weighted by molar-refractivity contribution is 5.93. The van der Waals surface area contributed by atoms with Gasteiger partial charge in [-0.15, -0.1) is 0 Å². The molecular weight excluding hydrogens is 289 g/mol. The highest BCUT2D eigenvalue weighted by Crippen LogP contribution is 2.18. The number of nitrogens with one attached hydrogen (secondary N) is 1. The van der Waals surface area contributed by atoms with Crippen LogP contribution in [0.15, 0.2) is 18.2 Å². The van der Waals surface area contributed by atoms with Gasteiger partial charge in [0.2, 0.25) is 0 Å². The minimum Gasteiger partial charge on any atom is -0.465 e. The topological polar surface area (TPSA) is 58.6 Å². The van der Waals surface area contributed by atoms with Gasteiger partial charge in [-0.25, -0.2) is 9.59 Å². The van der Waals surface area contributed by atoms with Crippen molar-refractivity contribution in [2.75, 3.05) is 26.0 Å². The molecule has 0 bridgehead atoms. The molecule has 116 valence electrons. The number of halogens is 3. The molecule has 0 atom stereocenters. The van der Waals surface area contributed by atoms with Crippen molar-refractivity contribution < 1.29 is 27.5 Å². The molecule has 0 saturated carbocycles. The number of benzene rings is 1. The third-order valence-corrected chi connectivity index (χ3v) is 2.65. The van der Waals surface area contributed by atoms with Gasteiger partial charge in [0.05, 0.1) is 12.7 Å². The lowest BCUT2D eigenvalue weighted by atomic mass is 10.1. The fourth-order valence-corrected chi connectivity index (χ4v) is 1.64. The van der Waals surface area contributed by atoms with Crippen LogP contribution in [0.25, 0.3) is 0 Å². The van der Waals surface area contributed by atoms with Gasteiger partial charge in [0, 0.05) is 12.7 Å². The summed E-state index contributed by atoms with van der Waals surface area (Å²) in [5, 5.41) is 2.32. The first kappa shape index (κ1) is 16.8.